The van der Waals surface area contributed by atoms with E-state index in [0.29, 0.717) is 5.04 Å². The van der Waals surface area contributed by atoms with Gasteiger partial charge in [0.2, 0.25) is 0 Å². The Hall–Kier alpha value is -0.863. The fourth-order valence-electron chi connectivity index (χ4n) is 3.95. The molecule has 2 heterocycles. The Morgan fingerprint density at radius 1 is 1.22 bits per heavy atom. The third kappa shape index (κ3) is 2.46. The van der Waals surface area contributed by atoms with E-state index in [0.717, 1.165) is 6.42 Å². The van der Waals surface area contributed by atoms with Gasteiger partial charge in [-0.3, -0.25) is 0 Å². The Morgan fingerprint density at radius 2 is 1.91 bits per heavy atom. The maximum Gasteiger partial charge on any atom is 0.113 e. The molecule has 1 aromatic rings. The summed E-state index contributed by atoms with van der Waals surface area (Å²) in [5.74, 6) is 0. The monoisotopic (exact) mass is 328 g/mol. The predicted octanol–water partition coefficient (Wildman–Crippen LogP) is 5.74. The number of aryl methyl sites for hydroxylation is 1. The van der Waals surface area contributed by atoms with E-state index in [-0.39, 0.29) is 11.7 Å². The lowest BCUT2D eigenvalue weighted by atomic mass is 9.83. The molecule has 1 nitrogen and oxygen atoms in total. The number of fused-ring (bicyclic) bond motifs is 5. The van der Waals surface area contributed by atoms with Gasteiger partial charge in [-0.15, -0.1) is 0 Å². The van der Waals surface area contributed by atoms with Crippen LogP contribution in [0.2, 0.25) is 18.1 Å². The standard InChI is InChI=1S/C21H32OSi/c1-8-9-11-21-12-10-17(22-21)19-16(21)13-15(2)14-18(19)23(6,7)20(3,4)5/h10,12-14,17H,8-9,11H2,1-7H3/t17-,21+/m0/s1. The van der Waals surface area contributed by atoms with Crippen LogP contribution >= 0.6 is 0 Å². The van der Waals surface area contributed by atoms with Crippen LogP contribution in [0.15, 0.2) is 24.3 Å². The average Bonchev–Trinajstić information content (AvgIpc) is 3.00. The molecule has 0 unspecified atom stereocenters. The van der Waals surface area contributed by atoms with E-state index in [9.17, 15) is 0 Å². The Labute approximate surface area is 143 Å². The summed E-state index contributed by atoms with van der Waals surface area (Å²) in [5.41, 5.74) is 4.24. The first kappa shape index (κ1) is 17.0. The van der Waals surface area contributed by atoms with Crippen LogP contribution in [0.4, 0.5) is 0 Å². The van der Waals surface area contributed by atoms with Crippen molar-refractivity contribution in [2.75, 3.05) is 0 Å². The van der Waals surface area contributed by atoms with E-state index in [1.54, 1.807) is 5.19 Å². The van der Waals surface area contributed by atoms with E-state index in [4.69, 9.17) is 4.74 Å². The molecule has 0 radical (unpaired) electrons. The molecule has 1 aromatic carbocycles. The highest BCUT2D eigenvalue weighted by atomic mass is 28.3. The molecule has 2 atom stereocenters. The van der Waals surface area contributed by atoms with Crippen LogP contribution in [0.3, 0.4) is 0 Å². The minimum absolute atomic E-state index is 0.140. The van der Waals surface area contributed by atoms with Crippen LogP contribution < -0.4 is 5.19 Å². The van der Waals surface area contributed by atoms with Gasteiger partial charge in [0.25, 0.3) is 0 Å². The molecule has 0 saturated heterocycles. The zero-order valence-electron chi connectivity index (χ0n) is 15.9. The summed E-state index contributed by atoms with van der Waals surface area (Å²) in [6.45, 7) is 16.8. The third-order valence-corrected chi connectivity index (χ3v) is 11.9. The van der Waals surface area contributed by atoms with Crippen molar-refractivity contribution in [2.45, 2.75) is 83.7 Å². The molecule has 0 spiro atoms. The molecule has 2 bridgehead atoms. The normalized spacial score (nSPS) is 26.0. The number of hydrogen-bond acceptors (Lipinski definition) is 1. The maximum absolute atomic E-state index is 6.55. The van der Waals surface area contributed by atoms with Crippen molar-refractivity contribution in [1.82, 2.24) is 0 Å². The molecule has 0 amide bonds. The molecule has 3 rings (SSSR count). The van der Waals surface area contributed by atoms with Crippen molar-refractivity contribution in [1.29, 1.82) is 0 Å². The second kappa shape index (κ2) is 5.32. The van der Waals surface area contributed by atoms with E-state index in [1.165, 1.54) is 29.5 Å². The second-order valence-corrected chi connectivity index (χ2v) is 14.3. The quantitative estimate of drug-likeness (QED) is 0.506. The van der Waals surface area contributed by atoms with Gasteiger partial charge in [0.05, 0.1) is 8.07 Å². The van der Waals surface area contributed by atoms with E-state index >= 15 is 0 Å². The lowest BCUT2D eigenvalue weighted by molar-refractivity contribution is -0.00984. The lowest BCUT2D eigenvalue weighted by Crippen LogP contribution is -2.51. The van der Waals surface area contributed by atoms with Gasteiger partial charge < -0.3 is 4.74 Å². The molecule has 23 heavy (non-hydrogen) atoms. The van der Waals surface area contributed by atoms with Crippen molar-refractivity contribution in [2.24, 2.45) is 0 Å². The fraction of sp³-hybridized carbons (Fsp3) is 0.619. The summed E-state index contributed by atoms with van der Waals surface area (Å²) < 4.78 is 6.55. The van der Waals surface area contributed by atoms with Crippen LogP contribution in [0, 0.1) is 6.92 Å². The van der Waals surface area contributed by atoms with Gasteiger partial charge in [-0.05, 0) is 35.6 Å². The number of unbranched alkanes of at least 4 members (excludes halogenated alkanes) is 1. The van der Waals surface area contributed by atoms with E-state index < -0.39 is 8.07 Å². The van der Waals surface area contributed by atoms with Gasteiger partial charge in [0, 0.05) is 0 Å². The van der Waals surface area contributed by atoms with Gasteiger partial charge in [-0.25, -0.2) is 0 Å². The summed E-state index contributed by atoms with van der Waals surface area (Å²) in [7, 11) is -1.58. The number of rotatable bonds is 4. The van der Waals surface area contributed by atoms with E-state index in [1.807, 2.05) is 0 Å². The van der Waals surface area contributed by atoms with Crippen LogP contribution in [-0.4, -0.2) is 8.07 Å². The van der Waals surface area contributed by atoms with Gasteiger partial charge in [-0.2, -0.15) is 0 Å². The first-order valence-corrected chi connectivity index (χ1v) is 12.1. The maximum atomic E-state index is 6.55. The SMILES string of the molecule is CCCC[C@]12C=C[C@H](O1)c1c2cc(C)cc1[Si](C)(C)C(C)(C)C. The summed E-state index contributed by atoms with van der Waals surface area (Å²) in [6.07, 6.45) is 8.39. The van der Waals surface area contributed by atoms with E-state index in [2.05, 4.69) is 72.0 Å². The molecule has 2 aliphatic heterocycles. The van der Waals surface area contributed by atoms with Crippen molar-refractivity contribution >= 4 is 13.3 Å². The Balaban J connectivity index is 2.17. The summed E-state index contributed by atoms with van der Waals surface area (Å²) in [6, 6.07) is 4.85. The third-order valence-electron chi connectivity index (χ3n) is 6.39. The van der Waals surface area contributed by atoms with Crippen molar-refractivity contribution in [3.63, 3.8) is 0 Å². The van der Waals surface area contributed by atoms with Gasteiger partial charge in [-0.1, -0.05) is 82.6 Å². The summed E-state index contributed by atoms with van der Waals surface area (Å²) >= 11 is 0. The number of benzene rings is 1. The molecule has 2 heteroatoms. The molecular formula is C21H32OSi. The van der Waals surface area contributed by atoms with Crippen LogP contribution in [0.1, 0.15) is 69.8 Å². The van der Waals surface area contributed by atoms with Crippen LogP contribution in [0.25, 0.3) is 0 Å². The minimum Gasteiger partial charge on any atom is -0.354 e. The highest BCUT2D eigenvalue weighted by Gasteiger charge is 2.50. The second-order valence-electron chi connectivity index (χ2n) is 9.04. The Bertz CT molecular complexity index is 651. The summed E-state index contributed by atoms with van der Waals surface area (Å²) in [4.78, 5) is 0. The van der Waals surface area contributed by atoms with Gasteiger partial charge in [0.1, 0.15) is 11.7 Å². The van der Waals surface area contributed by atoms with Crippen molar-refractivity contribution in [3.8, 4) is 0 Å². The number of ether oxygens (including phenoxy) is 1. The Morgan fingerprint density at radius 3 is 2.52 bits per heavy atom. The zero-order chi connectivity index (χ0) is 17.0. The highest BCUT2D eigenvalue weighted by molar-refractivity contribution is 6.92. The van der Waals surface area contributed by atoms with Gasteiger partial charge in [0.15, 0.2) is 0 Å². The first-order valence-electron chi connectivity index (χ1n) is 9.15. The lowest BCUT2D eigenvalue weighted by Gasteiger charge is -2.39. The molecule has 126 valence electrons. The topological polar surface area (TPSA) is 9.23 Å². The molecule has 0 N–H and O–H groups in total. The largest absolute Gasteiger partial charge is 0.354 e. The predicted molar refractivity (Wildman–Crippen MR) is 102 cm³/mol. The molecule has 2 aliphatic rings. The molecular weight excluding hydrogens is 296 g/mol. The Kier molecular flexibility index (Phi) is 3.93. The first-order chi connectivity index (χ1) is 10.6. The minimum atomic E-state index is -1.58. The molecule has 0 aliphatic carbocycles. The molecule has 0 aromatic heterocycles. The van der Waals surface area contributed by atoms with Crippen LogP contribution in [0.5, 0.6) is 0 Å². The number of hydrogen-bond donors (Lipinski definition) is 0. The average molecular weight is 329 g/mol. The van der Waals surface area contributed by atoms with Crippen molar-refractivity contribution < 1.29 is 4.74 Å². The fourth-order valence-corrected chi connectivity index (χ4v) is 6.29. The highest BCUT2D eigenvalue weighted by Crippen LogP contribution is 2.53. The summed E-state index contributed by atoms with van der Waals surface area (Å²) in [5, 5.41) is 1.96. The smallest absolute Gasteiger partial charge is 0.113 e. The van der Waals surface area contributed by atoms with Crippen LogP contribution in [-0.2, 0) is 10.3 Å². The molecule has 0 saturated carbocycles. The van der Waals surface area contributed by atoms with Gasteiger partial charge >= 0.3 is 0 Å². The van der Waals surface area contributed by atoms with Crippen molar-refractivity contribution in [3.05, 3.63) is 41.0 Å². The zero-order valence-corrected chi connectivity index (χ0v) is 16.9. The molecule has 0 fully saturated rings.